The molecule has 0 atom stereocenters. The van der Waals surface area contributed by atoms with Crippen molar-refractivity contribution in [1.29, 1.82) is 5.26 Å². The van der Waals surface area contributed by atoms with Gasteiger partial charge in [-0.25, -0.2) is 0 Å². The number of aryl methyl sites for hydroxylation is 1. The monoisotopic (exact) mass is 188 g/mol. The first-order valence-corrected chi connectivity index (χ1v) is 4.69. The molecule has 14 heavy (non-hydrogen) atoms. The second kappa shape index (κ2) is 3.71. The number of nitriles is 1. The smallest absolute Gasteiger partial charge is 0.121 e. The van der Waals surface area contributed by atoms with Gasteiger partial charge in [0.25, 0.3) is 0 Å². The van der Waals surface area contributed by atoms with Crippen LogP contribution in [0.2, 0.25) is 0 Å². The van der Waals surface area contributed by atoms with Gasteiger partial charge in [-0.15, -0.1) is 0 Å². The molecule has 0 aliphatic heterocycles. The zero-order valence-electron chi connectivity index (χ0n) is 9.20. The highest BCUT2D eigenvalue weighted by Crippen LogP contribution is 2.22. The van der Waals surface area contributed by atoms with Gasteiger partial charge in [0.1, 0.15) is 5.54 Å². The summed E-state index contributed by atoms with van der Waals surface area (Å²) < 4.78 is 0. The van der Waals surface area contributed by atoms with Crippen molar-refractivity contribution < 1.29 is 0 Å². The molecule has 0 bridgehead atoms. The summed E-state index contributed by atoms with van der Waals surface area (Å²) in [6.45, 7) is 5.88. The second-order valence-corrected chi connectivity index (χ2v) is 4.07. The number of hydrogen-bond acceptors (Lipinski definition) is 2. The van der Waals surface area contributed by atoms with E-state index in [2.05, 4.69) is 25.1 Å². The molecule has 0 amide bonds. The lowest BCUT2D eigenvalue weighted by Gasteiger charge is -2.31. The lowest BCUT2D eigenvalue weighted by atomic mass is 10.0. The highest BCUT2D eigenvalue weighted by molar-refractivity contribution is 5.51. The van der Waals surface area contributed by atoms with E-state index < -0.39 is 5.54 Å². The molecule has 0 heterocycles. The van der Waals surface area contributed by atoms with Gasteiger partial charge in [0.15, 0.2) is 0 Å². The van der Waals surface area contributed by atoms with Gasteiger partial charge in [-0.05, 0) is 38.5 Å². The van der Waals surface area contributed by atoms with Gasteiger partial charge in [0.05, 0.1) is 6.07 Å². The fourth-order valence-electron chi connectivity index (χ4n) is 1.23. The molecule has 74 valence electrons. The minimum atomic E-state index is -0.464. The molecular formula is C12H16N2. The van der Waals surface area contributed by atoms with Crippen molar-refractivity contribution >= 4 is 5.69 Å². The Bertz CT molecular complexity index is 361. The lowest BCUT2D eigenvalue weighted by molar-refractivity contribution is 0.617. The topological polar surface area (TPSA) is 27.0 Å². The maximum Gasteiger partial charge on any atom is 0.121 e. The van der Waals surface area contributed by atoms with Crippen LogP contribution in [-0.4, -0.2) is 12.6 Å². The summed E-state index contributed by atoms with van der Waals surface area (Å²) in [5.74, 6) is 0. The van der Waals surface area contributed by atoms with Crippen molar-refractivity contribution in [3.63, 3.8) is 0 Å². The van der Waals surface area contributed by atoms with E-state index in [4.69, 9.17) is 5.26 Å². The zero-order chi connectivity index (χ0) is 10.8. The third-order valence-electron chi connectivity index (χ3n) is 2.50. The Kier molecular flexibility index (Phi) is 2.81. The predicted molar refractivity (Wildman–Crippen MR) is 59.3 cm³/mol. The van der Waals surface area contributed by atoms with Crippen LogP contribution in [0.3, 0.4) is 0 Å². The van der Waals surface area contributed by atoms with Crippen molar-refractivity contribution in [2.45, 2.75) is 26.3 Å². The summed E-state index contributed by atoms with van der Waals surface area (Å²) in [5, 5.41) is 9.00. The first-order chi connectivity index (χ1) is 6.47. The summed E-state index contributed by atoms with van der Waals surface area (Å²) >= 11 is 0. The Morgan fingerprint density at radius 3 is 2.50 bits per heavy atom. The van der Waals surface area contributed by atoms with Crippen molar-refractivity contribution in [2.24, 2.45) is 0 Å². The van der Waals surface area contributed by atoms with Crippen molar-refractivity contribution in [3.05, 3.63) is 29.8 Å². The van der Waals surface area contributed by atoms with Crippen molar-refractivity contribution in [2.75, 3.05) is 11.9 Å². The van der Waals surface area contributed by atoms with Crippen LogP contribution in [0.15, 0.2) is 24.3 Å². The zero-order valence-corrected chi connectivity index (χ0v) is 9.20. The molecule has 0 unspecified atom stereocenters. The van der Waals surface area contributed by atoms with E-state index in [0.29, 0.717) is 0 Å². The van der Waals surface area contributed by atoms with E-state index in [9.17, 15) is 0 Å². The highest BCUT2D eigenvalue weighted by atomic mass is 15.2. The number of rotatable bonds is 2. The molecular weight excluding hydrogens is 172 g/mol. The minimum absolute atomic E-state index is 0.464. The summed E-state index contributed by atoms with van der Waals surface area (Å²) in [4.78, 5) is 1.99. The molecule has 2 nitrogen and oxygen atoms in total. The summed E-state index contributed by atoms with van der Waals surface area (Å²) in [6.07, 6.45) is 0. The normalized spacial score (nSPS) is 10.8. The van der Waals surface area contributed by atoms with Gasteiger partial charge in [-0.1, -0.05) is 12.1 Å². The van der Waals surface area contributed by atoms with Crippen molar-refractivity contribution in [3.8, 4) is 6.07 Å². The van der Waals surface area contributed by atoms with Crippen LogP contribution >= 0.6 is 0 Å². The standard InChI is InChI=1S/C12H16N2/c1-10-6-5-7-11(8-10)14(4)12(2,3)9-13/h5-8H,1-4H3. The average molecular weight is 188 g/mol. The Hall–Kier alpha value is -1.49. The van der Waals surface area contributed by atoms with E-state index in [1.54, 1.807) is 0 Å². The summed E-state index contributed by atoms with van der Waals surface area (Å²) in [6, 6.07) is 10.4. The molecule has 0 N–H and O–H groups in total. The molecule has 1 aromatic rings. The molecule has 0 saturated heterocycles. The van der Waals surface area contributed by atoms with Gasteiger partial charge < -0.3 is 4.90 Å². The summed E-state index contributed by atoms with van der Waals surface area (Å²) in [5.41, 5.74) is 1.83. The Morgan fingerprint density at radius 1 is 1.36 bits per heavy atom. The minimum Gasteiger partial charge on any atom is -0.357 e. The number of benzene rings is 1. The van der Waals surface area contributed by atoms with E-state index in [1.165, 1.54) is 5.56 Å². The molecule has 0 fully saturated rings. The van der Waals surface area contributed by atoms with Crippen LogP contribution < -0.4 is 4.90 Å². The molecule has 2 heteroatoms. The Balaban J connectivity index is 3.02. The lowest BCUT2D eigenvalue weighted by Crippen LogP contribution is -2.39. The average Bonchev–Trinajstić information content (AvgIpc) is 2.16. The van der Waals surface area contributed by atoms with Crippen LogP contribution in [-0.2, 0) is 0 Å². The largest absolute Gasteiger partial charge is 0.357 e. The van der Waals surface area contributed by atoms with Crippen LogP contribution in [0.1, 0.15) is 19.4 Å². The Morgan fingerprint density at radius 2 is 2.00 bits per heavy atom. The van der Waals surface area contributed by atoms with E-state index in [1.807, 2.05) is 37.9 Å². The van der Waals surface area contributed by atoms with Crippen LogP contribution in [0.25, 0.3) is 0 Å². The van der Waals surface area contributed by atoms with Gasteiger partial charge in [0, 0.05) is 12.7 Å². The Labute approximate surface area is 85.8 Å². The predicted octanol–water partition coefficient (Wildman–Crippen LogP) is 2.73. The van der Waals surface area contributed by atoms with E-state index in [-0.39, 0.29) is 0 Å². The molecule has 0 aromatic heterocycles. The quantitative estimate of drug-likeness (QED) is 0.713. The first-order valence-electron chi connectivity index (χ1n) is 4.69. The fraction of sp³-hybridized carbons (Fsp3) is 0.417. The van der Waals surface area contributed by atoms with E-state index in [0.717, 1.165) is 5.69 Å². The van der Waals surface area contributed by atoms with Gasteiger partial charge >= 0.3 is 0 Å². The fourth-order valence-corrected chi connectivity index (χ4v) is 1.23. The maximum atomic E-state index is 9.00. The molecule has 0 aliphatic carbocycles. The van der Waals surface area contributed by atoms with Crippen LogP contribution in [0.5, 0.6) is 0 Å². The van der Waals surface area contributed by atoms with Crippen LogP contribution in [0.4, 0.5) is 5.69 Å². The number of hydrogen-bond donors (Lipinski definition) is 0. The SMILES string of the molecule is Cc1cccc(N(C)C(C)(C)C#N)c1. The molecule has 0 saturated carbocycles. The molecule has 1 rings (SSSR count). The van der Waals surface area contributed by atoms with Crippen molar-refractivity contribution in [1.82, 2.24) is 0 Å². The molecule has 0 spiro atoms. The van der Waals surface area contributed by atoms with E-state index >= 15 is 0 Å². The highest BCUT2D eigenvalue weighted by Gasteiger charge is 2.22. The maximum absolute atomic E-state index is 9.00. The third-order valence-corrected chi connectivity index (χ3v) is 2.50. The number of anilines is 1. The van der Waals surface area contributed by atoms with Crippen LogP contribution in [0, 0.1) is 18.3 Å². The van der Waals surface area contributed by atoms with Gasteiger partial charge in [0.2, 0.25) is 0 Å². The second-order valence-electron chi connectivity index (χ2n) is 4.07. The molecule has 1 aromatic carbocycles. The number of nitrogens with zero attached hydrogens (tertiary/aromatic N) is 2. The summed E-state index contributed by atoms with van der Waals surface area (Å²) in [7, 11) is 1.94. The van der Waals surface area contributed by atoms with Gasteiger partial charge in [-0.2, -0.15) is 5.26 Å². The first kappa shape index (κ1) is 10.6. The van der Waals surface area contributed by atoms with Gasteiger partial charge in [-0.3, -0.25) is 0 Å². The third kappa shape index (κ3) is 2.05. The molecule has 0 aliphatic rings. The molecule has 0 radical (unpaired) electrons.